The molecule has 4 saturated carbocycles. The molecular formula is C48H78O18. The van der Waals surface area contributed by atoms with Crippen LogP contribution in [-0.2, 0) is 38.0 Å². The van der Waals surface area contributed by atoms with Gasteiger partial charge in [0, 0.05) is 30.3 Å². The number of ketones is 1. The first-order chi connectivity index (χ1) is 30.8. The number of fused-ring (bicyclic) bond motifs is 7. The molecule has 378 valence electrons. The zero-order valence-corrected chi connectivity index (χ0v) is 39.9. The number of ether oxygens (including phenoxy) is 7. The zero-order chi connectivity index (χ0) is 48.4. The minimum Gasteiger partial charge on any atom is -0.396 e. The van der Waals surface area contributed by atoms with Crippen LogP contribution < -0.4 is 0 Å². The van der Waals surface area contributed by atoms with Crippen LogP contribution in [0, 0.1) is 50.2 Å². The molecule has 24 atom stereocenters. The van der Waals surface area contributed by atoms with Crippen LogP contribution in [0.25, 0.3) is 0 Å². The molecule has 0 amide bonds. The second-order valence-electron chi connectivity index (χ2n) is 23.3. The summed E-state index contributed by atoms with van der Waals surface area (Å²) in [5.41, 5.74) is -2.03. The van der Waals surface area contributed by atoms with Gasteiger partial charge in [-0.3, -0.25) is 4.79 Å². The monoisotopic (exact) mass is 943 g/mol. The van der Waals surface area contributed by atoms with E-state index in [4.69, 9.17) is 33.2 Å². The standard InChI is InChI=1S/C48H78O18/c1-21-31(54)34(57)37(66-42-38(35(58)33(56)26(18-49)63-42)65-40-36(59)32(55)24(51)19-61-40)41(62-21)64-30-11-12-45(6)27(44(30,4)5)10-13-46(7)39(45)25(60-9)14-22-23-15-43(2,3)28(52)17-48(23,20-50)29(53)16-47(22,46)8/h14,21,23-27,29-42,49-51,53-59H,10-13,15-20H2,1-9H3. The third-order valence-corrected chi connectivity index (χ3v) is 19.2. The summed E-state index contributed by atoms with van der Waals surface area (Å²) < 4.78 is 43.2. The summed E-state index contributed by atoms with van der Waals surface area (Å²) in [4.78, 5) is 13.5. The SMILES string of the molecule is COC1C=C2C3CC(C)(C)C(=O)CC3(CO)C(O)CC2(C)C2(C)CCC3C(C)(C)C(OC4OC(C)C(O)C(O)C4OC4OC(CO)C(O)C(O)C4OC4OCC(O)C(O)C4O)CCC3(C)C12. The Morgan fingerprint density at radius 3 is 2.02 bits per heavy atom. The highest BCUT2D eigenvalue weighted by Crippen LogP contribution is 2.76. The minimum atomic E-state index is -1.81. The summed E-state index contributed by atoms with van der Waals surface area (Å²) in [5, 5.41) is 109. The number of allylic oxidation sites excluding steroid dienone is 1. The van der Waals surface area contributed by atoms with Gasteiger partial charge >= 0.3 is 0 Å². The molecule has 0 spiro atoms. The van der Waals surface area contributed by atoms with Crippen molar-refractivity contribution in [2.45, 2.75) is 205 Å². The summed E-state index contributed by atoms with van der Waals surface area (Å²) in [7, 11) is 1.75. The van der Waals surface area contributed by atoms with Crippen LogP contribution in [0.5, 0.6) is 0 Å². The Hall–Kier alpha value is -1.27. The largest absolute Gasteiger partial charge is 0.396 e. The molecule has 18 heteroatoms. The maximum absolute atomic E-state index is 13.5. The van der Waals surface area contributed by atoms with Crippen LogP contribution in [0.3, 0.4) is 0 Å². The van der Waals surface area contributed by atoms with Gasteiger partial charge in [0.1, 0.15) is 66.8 Å². The molecule has 7 fully saturated rings. The lowest BCUT2D eigenvalue weighted by atomic mass is 9.33. The Morgan fingerprint density at radius 2 is 1.38 bits per heavy atom. The van der Waals surface area contributed by atoms with Crippen molar-refractivity contribution in [1.29, 1.82) is 0 Å². The lowest BCUT2D eigenvalue weighted by Crippen LogP contribution is -2.70. The molecule has 10 N–H and O–H groups in total. The van der Waals surface area contributed by atoms with Gasteiger partial charge in [-0.2, -0.15) is 0 Å². The Bertz CT molecular complexity index is 1810. The highest BCUT2D eigenvalue weighted by atomic mass is 16.8. The number of aliphatic hydroxyl groups excluding tert-OH is 10. The number of hydrogen-bond acceptors (Lipinski definition) is 18. The van der Waals surface area contributed by atoms with Crippen molar-refractivity contribution in [2.24, 2.45) is 50.2 Å². The normalized spacial score (nSPS) is 54.6. The van der Waals surface area contributed by atoms with Crippen molar-refractivity contribution in [3.05, 3.63) is 11.6 Å². The van der Waals surface area contributed by atoms with Gasteiger partial charge in [0.2, 0.25) is 0 Å². The van der Waals surface area contributed by atoms with E-state index >= 15 is 0 Å². The van der Waals surface area contributed by atoms with Gasteiger partial charge in [0.25, 0.3) is 0 Å². The fraction of sp³-hybridized carbons (Fsp3) is 0.938. The van der Waals surface area contributed by atoms with E-state index < -0.39 is 133 Å². The second-order valence-corrected chi connectivity index (χ2v) is 23.3. The van der Waals surface area contributed by atoms with Gasteiger partial charge in [-0.15, -0.1) is 0 Å². The Kier molecular flexibility index (Phi) is 13.8. The van der Waals surface area contributed by atoms with E-state index in [1.807, 2.05) is 13.8 Å². The molecule has 3 saturated heterocycles. The second kappa shape index (κ2) is 17.8. The first-order valence-corrected chi connectivity index (χ1v) is 24.1. The molecule has 3 aliphatic heterocycles. The predicted molar refractivity (Wildman–Crippen MR) is 231 cm³/mol. The smallest absolute Gasteiger partial charge is 0.187 e. The third-order valence-electron chi connectivity index (χ3n) is 19.2. The number of carbonyl (C=O) groups excluding carboxylic acids is 1. The molecule has 8 rings (SSSR count). The molecular weight excluding hydrogens is 865 g/mol. The van der Waals surface area contributed by atoms with E-state index in [9.17, 15) is 55.9 Å². The molecule has 18 nitrogen and oxygen atoms in total. The molecule has 0 aromatic carbocycles. The number of Topliss-reactive ketones (excluding diaryl/α,β-unsaturated/α-hetero) is 1. The average molecular weight is 943 g/mol. The summed E-state index contributed by atoms with van der Waals surface area (Å²) in [5.74, 6) is -0.0621. The predicted octanol–water partition coefficient (Wildman–Crippen LogP) is 0.0553. The number of aliphatic hydroxyl groups is 10. The van der Waals surface area contributed by atoms with Gasteiger partial charge in [-0.1, -0.05) is 60.1 Å². The molecule has 8 aliphatic rings. The van der Waals surface area contributed by atoms with Crippen LogP contribution in [0.4, 0.5) is 0 Å². The van der Waals surface area contributed by atoms with E-state index in [2.05, 4.69) is 40.7 Å². The number of rotatable bonds is 9. The van der Waals surface area contributed by atoms with Gasteiger partial charge in [0.05, 0.1) is 44.2 Å². The molecule has 3 heterocycles. The highest BCUT2D eigenvalue weighted by molar-refractivity contribution is 5.86. The van der Waals surface area contributed by atoms with Gasteiger partial charge < -0.3 is 84.2 Å². The lowest BCUT2D eigenvalue weighted by molar-refractivity contribution is -0.393. The van der Waals surface area contributed by atoms with Crippen molar-refractivity contribution in [3.8, 4) is 0 Å². The van der Waals surface area contributed by atoms with E-state index in [1.54, 1.807) is 14.0 Å². The van der Waals surface area contributed by atoms with Crippen molar-refractivity contribution < 1.29 is 89.0 Å². The Morgan fingerprint density at radius 1 is 0.742 bits per heavy atom. The number of hydrogen-bond donors (Lipinski definition) is 10. The molecule has 24 unspecified atom stereocenters. The van der Waals surface area contributed by atoms with Crippen molar-refractivity contribution >= 4 is 5.78 Å². The third kappa shape index (κ3) is 7.65. The summed E-state index contributed by atoms with van der Waals surface area (Å²) in [6.45, 7) is 15.4. The van der Waals surface area contributed by atoms with Crippen LogP contribution in [-0.4, -0.2) is 188 Å². The average Bonchev–Trinajstić information content (AvgIpc) is 3.25. The highest BCUT2D eigenvalue weighted by Gasteiger charge is 2.72. The first-order valence-electron chi connectivity index (χ1n) is 24.1. The quantitative estimate of drug-likeness (QED) is 0.108. The molecule has 0 bridgehead atoms. The van der Waals surface area contributed by atoms with Crippen molar-refractivity contribution in [3.63, 3.8) is 0 Å². The maximum atomic E-state index is 13.5. The van der Waals surface area contributed by atoms with E-state index in [1.165, 1.54) is 5.57 Å². The molecule has 0 aromatic rings. The first kappa shape index (κ1) is 51.1. The fourth-order valence-electron chi connectivity index (χ4n) is 15.0. The fourth-order valence-corrected chi connectivity index (χ4v) is 15.0. The zero-order valence-electron chi connectivity index (χ0n) is 39.9. The Balaban J connectivity index is 1.07. The minimum absolute atomic E-state index is 0.00598. The topological polar surface area (TPSA) is 284 Å². The van der Waals surface area contributed by atoms with E-state index in [0.29, 0.717) is 25.7 Å². The summed E-state index contributed by atoms with van der Waals surface area (Å²) in [6, 6.07) is 0. The van der Waals surface area contributed by atoms with E-state index in [-0.39, 0.29) is 53.5 Å². The van der Waals surface area contributed by atoms with Crippen LogP contribution in [0.2, 0.25) is 0 Å². The number of carbonyl (C=O) groups is 1. The van der Waals surface area contributed by atoms with Crippen molar-refractivity contribution in [1.82, 2.24) is 0 Å². The molecule has 5 aliphatic carbocycles. The molecule has 0 aromatic heterocycles. The van der Waals surface area contributed by atoms with Gasteiger partial charge in [-0.25, -0.2) is 0 Å². The lowest BCUT2D eigenvalue weighted by Gasteiger charge is -2.72. The van der Waals surface area contributed by atoms with Gasteiger partial charge in [-0.05, 0) is 78.9 Å². The van der Waals surface area contributed by atoms with Crippen LogP contribution in [0.15, 0.2) is 11.6 Å². The molecule has 66 heavy (non-hydrogen) atoms. The summed E-state index contributed by atoms with van der Waals surface area (Å²) in [6.07, 6.45) is -16.9. The maximum Gasteiger partial charge on any atom is 0.187 e. The molecule has 0 radical (unpaired) electrons. The number of methoxy groups -OCH3 is 1. The summed E-state index contributed by atoms with van der Waals surface area (Å²) >= 11 is 0. The Labute approximate surface area is 387 Å². The van der Waals surface area contributed by atoms with Crippen LogP contribution in [0.1, 0.15) is 100 Å². The van der Waals surface area contributed by atoms with Gasteiger partial charge in [0.15, 0.2) is 18.9 Å². The van der Waals surface area contributed by atoms with Crippen LogP contribution >= 0.6 is 0 Å². The van der Waals surface area contributed by atoms with Crippen molar-refractivity contribution in [2.75, 3.05) is 26.9 Å². The van der Waals surface area contributed by atoms with E-state index in [0.717, 1.165) is 12.8 Å².